The first-order valence-electron chi connectivity index (χ1n) is 7.99. The molecule has 0 N–H and O–H groups in total. The van der Waals surface area contributed by atoms with E-state index in [0.29, 0.717) is 0 Å². The number of rotatable bonds is 11. The summed E-state index contributed by atoms with van der Waals surface area (Å²) in [6.45, 7) is 2.26. The highest BCUT2D eigenvalue weighted by Gasteiger charge is 1.96. The van der Waals surface area contributed by atoms with Crippen LogP contribution in [0.25, 0.3) is 0 Å². The van der Waals surface area contributed by atoms with E-state index >= 15 is 0 Å². The van der Waals surface area contributed by atoms with Crippen molar-refractivity contribution in [3.05, 3.63) is 35.6 Å². The monoisotopic (exact) mass is 263 g/mol. The van der Waals surface area contributed by atoms with Gasteiger partial charge in [0.2, 0.25) is 0 Å². The quantitative estimate of drug-likeness (QED) is 0.424. The van der Waals surface area contributed by atoms with Gasteiger partial charge in [-0.1, -0.05) is 76.8 Å². The van der Waals surface area contributed by atoms with E-state index in [0.717, 1.165) is 12.0 Å². The lowest BCUT2D eigenvalue weighted by atomic mass is 10.0. The van der Waals surface area contributed by atoms with Gasteiger partial charge >= 0.3 is 0 Å². The Bertz CT molecular complexity index is 319. The van der Waals surface area contributed by atoms with Gasteiger partial charge in [0.15, 0.2) is 0 Å². The van der Waals surface area contributed by atoms with E-state index in [9.17, 15) is 4.39 Å². The molecule has 0 bridgehead atoms. The Morgan fingerprint density at radius 1 is 0.895 bits per heavy atom. The van der Waals surface area contributed by atoms with Gasteiger partial charge in [0.05, 0.1) is 0 Å². The van der Waals surface area contributed by atoms with Crippen LogP contribution in [0.2, 0.25) is 0 Å². The molecule has 0 aliphatic rings. The van der Waals surface area contributed by atoms with Crippen molar-refractivity contribution >= 4 is 0 Å². The Balaban J connectivity index is 1.89. The van der Waals surface area contributed by atoms with Crippen molar-refractivity contribution in [2.75, 3.05) is 0 Å². The fraction of sp³-hybridized carbons (Fsp3) is 0.667. The lowest BCUT2D eigenvalue weighted by molar-refractivity contribution is 0.556. The van der Waals surface area contributed by atoms with Crippen LogP contribution in [0.4, 0.5) is 4.39 Å². The molecule has 0 saturated heterocycles. The molecule has 0 saturated carbocycles. The molecule has 0 nitrogen and oxygen atoms in total. The minimum atomic E-state index is -0.232. The molecule has 0 atom stereocenters. The predicted molar refractivity (Wildman–Crippen MR) is 80.8 cm³/mol. The highest BCUT2D eigenvalue weighted by Crippen LogP contribution is 2.12. The van der Waals surface area contributed by atoms with E-state index in [4.69, 9.17) is 0 Å². The Kier molecular flexibility index (Phi) is 9.40. The average Bonchev–Trinajstić information content (AvgIpc) is 2.41. The fourth-order valence-corrected chi connectivity index (χ4v) is 2.45. The first-order chi connectivity index (χ1) is 9.33. The van der Waals surface area contributed by atoms with Crippen molar-refractivity contribution in [2.45, 2.75) is 77.6 Å². The van der Waals surface area contributed by atoms with Crippen LogP contribution >= 0.6 is 0 Å². The highest BCUT2D eigenvalue weighted by atomic mass is 19.1. The van der Waals surface area contributed by atoms with Gasteiger partial charge in [-0.05, 0) is 24.5 Å². The maximum absolute atomic E-state index is 12.9. The molecule has 1 aromatic rings. The van der Waals surface area contributed by atoms with E-state index in [1.54, 1.807) is 12.1 Å². The van der Waals surface area contributed by atoms with Crippen molar-refractivity contribution in [3.63, 3.8) is 0 Å². The van der Waals surface area contributed by atoms with E-state index in [-0.39, 0.29) is 5.82 Å². The third-order valence-electron chi connectivity index (χ3n) is 3.65. The van der Waals surface area contributed by atoms with E-state index in [1.165, 1.54) is 64.2 Å². The molecule has 0 heterocycles. The smallest absolute Gasteiger partial charge is 0.131 e. The van der Waals surface area contributed by atoms with E-state index in [2.05, 4.69) is 13.0 Å². The normalized spacial score (nSPS) is 10.8. The van der Waals surface area contributed by atoms with Gasteiger partial charge in [0.1, 0.15) is 5.82 Å². The zero-order valence-electron chi connectivity index (χ0n) is 12.4. The van der Waals surface area contributed by atoms with Crippen molar-refractivity contribution in [2.24, 2.45) is 0 Å². The summed E-state index contributed by atoms with van der Waals surface area (Å²) in [5.41, 5.74) is 1.11. The molecule has 0 aromatic heterocycles. The summed E-state index contributed by atoms with van der Waals surface area (Å²) in [4.78, 5) is 0. The number of hydrogen-bond donors (Lipinski definition) is 0. The highest BCUT2D eigenvalue weighted by molar-refractivity contribution is 5.15. The summed E-state index contributed by atoms with van der Waals surface area (Å²) in [6.07, 6.45) is 14.5. The second-order valence-corrected chi connectivity index (χ2v) is 5.48. The van der Waals surface area contributed by atoms with Crippen LogP contribution in [0.5, 0.6) is 0 Å². The lowest BCUT2D eigenvalue weighted by Gasteiger charge is -2.03. The summed E-state index contributed by atoms with van der Waals surface area (Å²) < 4.78 is 12.9. The molecule has 0 aliphatic carbocycles. The molecule has 107 valence electrons. The molecule has 0 aliphatic heterocycles. The molecular formula is C18H28F. The molecule has 1 radical (unpaired) electrons. The number of aryl methyl sites for hydroxylation is 1. The summed E-state index contributed by atoms with van der Waals surface area (Å²) >= 11 is 0. The fourth-order valence-electron chi connectivity index (χ4n) is 2.45. The largest absolute Gasteiger partial charge is 0.206 e. The van der Waals surface area contributed by atoms with Crippen molar-refractivity contribution in [3.8, 4) is 0 Å². The van der Waals surface area contributed by atoms with Crippen LogP contribution in [0.15, 0.2) is 18.2 Å². The number of hydrogen-bond acceptors (Lipinski definition) is 0. The van der Waals surface area contributed by atoms with Crippen LogP contribution in [-0.4, -0.2) is 0 Å². The van der Waals surface area contributed by atoms with Crippen LogP contribution in [0.1, 0.15) is 76.7 Å². The molecule has 0 spiro atoms. The lowest BCUT2D eigenvalue weighted by Crippen LogP contribution is -1.88. The molecule has 0 unspecified atom stereocenters. The van der Waals surface area contributed by atoms with Crippen molar-refractivity contribution < 1.29 is 4.39 Å². The van der Waals surface area contributed by atoms with Gasteiger partial charge in [0, 0.05) is 6.07 Å². The van der Waals surface area contributed by atoms with E-state index < -0.39 is 0 Å². The molecule has 0 amide bonds. The molecule has 0 fully saturated rings. The first kappa shape index (κ1) is 16.2. The van der Waals surface area contributed by atoms with Gasteiger partial charge in [0.25, 0.3) is 0 Å². The average molecular weight is 263 g/mol. The predicted octanol–water partition coefficient (Wildman–Crippen LogP) is 6.09. The van der Waals surface area contributed by atoms with Crippen LogP contribution < -0.4 is 0 Å². The Morgan fingerprint density at radius 3 is 2.05 bits per heavy atom. The number of unbranched alkanes of at least 4 members (excludes halogenated alkanes) is 9. The Morgan fingerprint density at radius 2 is 1.47 bits per heavy atom. The number of benzene rings is 1. The van der Waals surface area contributed by atoms with Crippen molar-refractivity contribution in [1.82, 2.24) is 0 Å². The topological polar surface area (TPSA) is 0 Å². The van der Waals surface area contributed by atoms with Gasteiger partial charge in [-0.25, -0.2) is 4.39 Å². The summed E-state index contributed by atoms with van der Waals surface area (Å²) in [7, 11) is 0. The summed E-state index contributed by atoms with van der Waals surface area (Å²) in [5.74, 6) is -0.232. The second-order valence-electron chi connectivity index (χ2n) is 5.48. The van der Waals surface area contributed by atoms with Crippen molar-refractivity contribution in [1.29, 1.82) is 0 Å². The summed E-state index contributed by atoms with van der Waals surface area (Å²) in [6, 6.07) is 7.80. The van der Waals surface area contributed by atoms with E-state index in [1.807, 2.05) is 6.07 Å². The molecule has 1 heteroatoms. The third kappa shape index (κ3) is 8.80. The minimum absolute atomic E-state index is 0.232. The Hall–Kier alpha value is -0.850. The van der Waals surface area contributed by atoms with Gasteiger partial charge in [-0.15, -0.1) is 0 Å². The molecular weight excluding hydrogens is 235 g/mol. The van der Waals surface area contributed by atoms with Crippen LogP contribution in [0.3, 0.4) is 0 Å². The SMILES string of the molecule is CCCCCCCCCCCCc1cc[c]c(F)c1. The van der Waals surface area contributed by atoms with Gasteiger partial charge < -0.3 is 0 Å². The zero-order valence-corrected chi connectivity index (χ0v) is 12.4. The van der Waals surface area contributed by atoms with Crippen LogP contribution in [0, 0.1) is 11.9 Å². The minimum Gasteiger partial charge on any atom is -0.206 e. The van der Waals surface area contributed by atoms with Gasteiger partial charge in [-0.3, -0.25) is 0 Å². The zero-order chi connectivity index (χ0) is 13.8. The Labute approximate surface area is 118 Å². The van der Waals surface area contributed by atoms with Gasteiger partial charge in [-0.2, -0.15) is 0 Å². The van der Waals surface area contributed by atoms with Crippen LogP contribution in [-0.2, 0) is 6.42 Å². The molecule has 19 heavy (non-hydrogen) atoms. The molecule has 1 rings (SSSR count). The number of halogens is 1. The maximum atomic E-state index is 12.9. The third-order valence-corrected chi connectivity index (χ3v) is 3.65. The second kappa shape index (κ2) is 11.0. The maximum Gasteiger partial charge on any atom is 0.131 e. The first-order valence-corrected chi connectivity index (χ1v) is 7.99. The standard InChI is InChI=1S/C18H28F/c1-2-3-4-5-6-7-8-9-10-11-13-17-14-12-15-18(19)16-17/h12,14,16H,2-11,13H2,1H3. The summed E-state index contributed by atoms with van der Waals surface area (Å²) in [5, 5.41) is 0. The molecule has 1 aromatic carbocycles.